The lowest BCUT2D eigenvalue weighted by Gasteiger charge is -2.42. The summed E-state index contributed by atoms with van der Waals surface area (Å²) in [6.07, 6.45) is 5.39. The Morgan fingerprint density at radius 3 is 2.40 bits per heavy atom. The number of nitrogens with zero attached hydrogens (tertiary/aromatic N) is 6. The third-order valence-electron chi connectivity index (χ3n) is 17.0. The highest BCUT2D eigenvalue weighted by Gasteiger charge is 2.45. The number of amides is 4. The fourth-order valence-electron chi connectivity index (χ4n) is 12.1. The number of benzene rings is 4. The predicted molar refractivity (Wildman–Crippen MR) is 336 cm³/mol. The minimum Gasteiger partial charge on any atom is -0.494 e. The van der Waals surface area contributed by atoms with Crippen LogP contribution < -0.4 is 25.6 Å². The molecule has 4 amide bonds. The number of piperidine rings is 1. The summed E-state index contributed by atoms with van der Waals surface area (Å²) < 4.78 is 12.3. The number of likely N-dealkylation sites (tertiary alicyclic amines) is 2. The zero-order valence-electron chi connectivity index (χ0n) is 49.2. The zero-order valence-corrected chi connectivity index (χ0v) is 51.7. The number of para-hydroxylation sites is 1. The van der Waals surface area contributed by atoms with Gasteiger partial charge in [0.1, 0.15) is 17.8 Å². The van der Waals surface area contributed by atoms with Gasteiger partial charge in [-0.15, -0.1) is 22.7 Å². The summed E-state index contributed by atoms with van der Waals surface area (Å²) in [4.78, 5) is 89.5. The summed E-state index contributed by atoms with van der Waals surface area (Å²) in [5.74, 6) is 7.54. The summed E-state index contributed by atoms with van der Waals surface area (Å²) in [7, 11) is 1.37. The van der Waals surface area contributed by atoms with Gasteiger partial charge in [0, 0.05) is 54.5 Å². The number of ether oxygens (including phenoxy) is 2. The molecule has 0 bridgehead atoms. The summed E-state index contributed by atoms with van der Waals surface area (Å²) in [5.41, 5.74) is 8.86. The molecule has 6 heterocycles. The van der Waals surface area contributed by atoms with E-state index in [2.05, 4.69) is 53.6 Å². The molecular formula is C66H73N9O8S3. The summed E-state index contributed by atoms with van der Waals surface area (Å²) in [5, 5.41) is 21.0. The molecule has 17 nitrogen and oxygen atoms in total. The van der Waals surface area contributed by atoms with Crippen LogP contribution in [0.3, 0.4) is 0 Å². The van der Waals surface area contributed by atoms with Crippen molar-refractivity contribution in [1.82, 2.24) is 35.4 Å². The Morgan fingerprint density at radius 2 is 1.66 bits per heavy atom. The van der Waals surface area contributed by atoms with Gasteiger partial charge in [-0.1, -0.05) is 92.5 Å². The number of hydrogen-bond donors (Lipinski definition) is 4. The number of anilines is 2. The molecule has 0 spiro atoms. The number of thiazole rings is 3. The molecule has 11 rings (SSSR count). The maximum Gasteiger partial charge on any atom is 0.357 e. The molecule has 0 radical (unpaired) electrons. The van der Waals surface area contributed by atoms with E-state index in [0.717, 1.165) is 104 Å². The summed E-state index contributed by atoms with van der Waals surface area (Å²) in [6, 6.07) is 27.7. The molecule has 2 saturated heterocycles. The molecular weight excluding hydrogens is 1140 g/mol. The summed E-state index contributed by atoms with van der Waals surface area (Å²) in [6.45, 7) is 11.4. The molecule has 1 saturated carbocycles. The van der Waals surface area contributed by atoms with Gasteiger partial charge < -0.3 is 35.0 Å². The van der Waals surface area contributed by atoms with Gasteiger partial charge in [-0.25, -0.2) is 19.7 Å². The molecule has 20 heteroatoms. The van der Waals surface area contributed by atoms with Crippen molar-refractivity contribution < 1.29 is 38.6 Å². The van der Waals surface area contributed by atoms with Crippen molar-refractivity contribution in [2.75, 3.05) is 56.7 Å². The molecule has 7 aromatic rings. The lowest BCUT2D eigenvalue weighted by Crippen LogP contribution is -2.59. The largest absolute Gasteiger partial charge is 0.494 e. The highest BCUT2D eigenvalue weighted by Crippen LogP contribution is 2.43. The van der Waals surface area contributed by atoms with E-state index in [1.54, 1.807) is 11.3 Å². The number of aromatic nitrogens is 3. The molecule has 4 N–H and O–H groups in total. The van der Waals surface area contributed by atoms with Crippen LogP contribution in [0.4, 0.5) is 10.3 Å². The quantitative estimate of drug-likeness (QED) is 0.0359. The number of carbonyl (C=O) groups is 5. The number of aliphatic hydroxyl groups is 1. The lowest BCUT2D eigenvalue weighted by molar-refractivity contribution is -0.144. The van der Waals surface area contributed by atoms with Crippen molar-refractivity contribution >= 4 is 84.1 Å². The van der Waals surface area contributed by atoms with Crippen LogP contribution in [0.1, 0.15) is 113 Å². The second-order valence-electron chi connectivity index (χ2n) is 24.0. The maximum atomic E-state index is 14.2. The molecule has 3 aliphatic heterocycles. The van der Waals surface area contributed by atoms with Crippen LogP contribution in [0.5, 0.6) is 5.75 Å². The number of fused-ring (bicyclic) bond motifs is 2. The number of methoxy groups -OCH3 is 1. The predicted octanol–water partition coefficient (Wildman–Crippen LogP) is 9.70. The van der Waals surface area contributed by atoms with E-state index in [4.69, 9.17) is 14.5 Å². The van der Waals surface area contributed by atoms with Gasteiger partial charge in [0.25, 0.3) is 5.91 Å². The first-order valence-corrected chi connectivity index (χ1v) is 32.2. The lowest BCUT2D eigenvalue weighted by atomic mass is 9.66. The van der Waals surface area contributed by atoms with Gasteiger partial charge in [0.15, 0.2) is 16.0 Å². The first kappa shape index (κ1) is 60.2. The van der Waals surface area contributed by atoms with Gasteiger partial charge in [-0.2, -0.15) is 0 Å². The fourth-order valence-corrected chi connectivity index (χ4v) is 14.9. The highest BCUT2D eigenvalue weighted by atomic mass is 32.1. The molecule has 448 valence electrons. The summed E-state index contributed by atoms with van der Waals surface area (Å²) >= 11 is 4.51. The Hall–Kier alpha value is -7.54. The minimum atomic E-state index is -0.884. The number of aliphatic hydroxyl groups excluding tert-OH is 1. The van der Waals surface area contributed by atoms with E-state index in [9.17, 15) is 29.1 Å². The van der Waals surface area contributed by atoms with E-state index in [-0.39, 0.29) is 49.7 Å². The number of rotatable bonds is 18. The van der Waals surface area contributed by atoms with Gasteiger partial charge >= 0.3 is 5.97 Å². The van der Waals surface area contributed by atoms with Crippen molar-refractivity contribution in [3.63, 3.8) is 0 Å². The standard InChI is InChI=1S/C66H73N9O8S3/c1-40-58(84-39-68-40)46-21-17-42(18-22-46)35-67-61(79)53-34-48(76)36-75(53)62(80)59(66(2,3)4)70-56(77)38-73-28-25-44(26-29-73)47-32-43(33-47)16-15-41-19-23-49(24-20-41)83-31-9-14-55-57(63(81)82-5)71-65(86-55)74-30-27-45-10-8-11-50(51(45)37-74)60(78)72-64-69-52-12-6-7-13-54(52)85-64/h6-8,10-13,17-24,39,43-44,47-48,53,59,76H,9,14,25-38H2,1-5H3,(H,67,79)(H,70,77)(H,69,72,78)/t43?,47?,48-,53+,59-/m1/s1. The van der Waals surface area contributed by atoms with E-state index in [1.165, 1.54) is 34.7 Å². The number of carbonyl (C=O) groups excluding carboxylic acids is 5. The SMILES string of the molecule is COC(=O)c1nc(N2CCc3cccc(C(=O)Nc4nc5ccccc5s4)c3C2)sc1CCCOc1ccc(C#CC2CC(C3CCN(CC(=O)N[C@H](C(=O)N4C[C@H](O)C[C@H]4C(=O)NCc4ccc(-c5scnc5C)cc4)C(C)(C)C)CC3)C2)cc1. The van der Waals surface area contributed by atoms with Crippen LogP contribution in [0.2, 0.25) is 0 Å². The Labute approximate surface area is 513 Å². The highest BCUT2D eigenvalue weighted by molar-refractivity contribution is 7.22. The molecule has 4 aromatic carbocycles. The Bertz CT molecular complexity index is 3630. The number of esters is 1. The van der Waals surface area contributed by atoms with E-state index < -0.39 is 29.6 Å². The minimum absolute atomic E-state index is 0.0218. The van der Waals surface area contributed by atoms with E-state index in [1.807, 2.05) is 118 Å². The Morgan fingerprint density at radius 1 is 0.884 bits per heavy atom. The van der Waals surface area contributed by atoms with Crippen molar-refractivity contribution in [3.8, 4) is 28.0 Å². The first-order chi connectivity index (χ1) is 41.5. The zero-order chi connectivity index (χ0) is 60.1. The van der Waals surface area contributed by atoms with Crippen LogP contribution in [-0.2, 0) is 45.1 Å². The van der Waals surface area contributed by atoms with Crippen LogP contribution in [0, 0.1) is 41.9 Å². The van der Waals surface area contributed by atoms with Crippen molar-refractivity contribution in [3.05, 3.63) is 141 Å². The van der Waals surface area contributed by atoms with E-state index in [0.29, 0.717) is 71.8 Å². The fraction of sp³-hybridized carbons (Fsp3) is 0.424. The molecule has 4 aliphatic rings. The van der Waals surface area contributed by atoms with Gasteiger partial charge in [0.05, 0.1) is 52.7 Å². The monoisotopic (exact) mass is 1220 g/mol. The average molecular weight is 1220 g/mol. The van der Waals surface area contributed by atoms with Gasteiger partial charge in [-0.3, -0.25) is 29.4 Å². The van der Waals surface area contributed by atoms with Crippen molar-refractivity contribution in [2.24, 2.45) is 23.2 Å². The Kier molecular flexibility index (Phi) is 18.6. The third-order valence-corrected chi connectivity index (χ3v) is 20.1. The van der Waals surface area contributed by atoms with Gasteiger partial charge in [-0.05, 0) is 147 Å². The van der Waals surface area contributed by atoms with Crippen LogP contribution in [0.25, 0.3) is 20.7 Å². The Balaban J connectivity index is 0.597. The molecule has 1 aliphatic carbocycles. The number of aryl methyl sites for hydroxylation is 2. The number of hydrogen-bond acceptors (Lipinski definition) is 16. The van der Waals surface area contributed by atoms with Crippen molar-refractivity contribution in [2.45, 2.75) is 110 Å². The normalized spacial score (nSPS) is 19.2. The smallest absolute Gasteiger partial charge is 0.357 e. The number of β-amino-alcohol motifs (C(OH)–C–C–N with tert-alkyl or cyclic N) is 1. The molecule has 3 atom stereocenters. The third kappa shape index (κ3) is 14.1. The second-order valence-corrected chi connectivity index (χ2v) is 27.0. The van der Waals surface area contributed by atoms with Crippen molar-refractivity contribution in [1.29, 1.82) is 0 Å². The van der Waals surface area contributed by atoms with Crippen LogP contribution >= 0.6 is 34.0 Å². The van der Waals surface area contributed by atoms with Crippen LogP contribution in [0.15, 0.2) is 96.5 Å². The average Bonchev–Trinajstić information content (AvgIpc) is 4.55. The van der Waals surface area contributed by atoms with Gasteiger partial charge in [0.2, 0.25) is 17.7 Å². The maximum absolute atomic E-state index is 14.2. The first-order valence-electron chi connectivity index (χ1n) is 29.7. The topological polar surface area (TPSA) is 209 Å². The molecule has 86 heavy (non-hydrogen) atoms. The molecule has 0 unspecified atom stereocenters. The second kappa shape index (κ2) is 26.6. The number of nitrogens with one attached hydrogen (secondary N) is 3. The van der Waals surface area contributed by atoms with E-state index >= 15 is 0 Å². The van der Waals surface area contributed by atoms with Crippen LogP contribution in [-0.4, -0.2) is 124 Å². The molecule has 3 aromatic heterocycles. The molecule has 3 fully saturated rings.